The van der Waals surface area contributed by atoms with Crippen LogP contribution in [-0.4, -0.2) is 26.9 Å². The van der Waals surface area contributed by atoms with Crippen molar-refractivity contribution >= 4 is 33.8 Å². The largest absolute Gasteiger partial charge is 0.463 e. The maximum atomic E-state index is 12.9. The fourth-order valence-corrected chi connectivity index (χ4v) is 3.26. The number of carbonyl (C=O) groups is 2. The highest BCUT2D eigenvalue weighted by Gasteiger charge is 2.21. The Kier molecular flexibility index (Phi) is 4.40. The molecular formula is C22H15N5O4. The van der Waals surface area contributed by atoms with Gasteiger partial charge in [0.2, 0.25) is 0 Å². The lowest BCUT2D eigenvalue weighted by molar-refractivity contribution is 0.0845. The number of aryl methyl sites for hydroxylation is 1. The average molecular weight is 413 g/mol. The van der Waals surface area contributed by atoms with Gasteiger partial charge in [-0.1, -0.05) is 29.4 Å². The van der Waals surface area contributed by atoms with E-state index in [2.05, 4.69) is 26.0 Å². The predicted molar refractivity (Wildman–Crippen MR) is 111 cm³/mol. The highest BCUT2D eigenvalue weighted by atomic mass is 16.5. The minimum atomic E-state index is -0.555. The van der Waals surface area contributed by atoms with Crippen molar-refractivity contribution in [1.29, 1.82) is 0 Å². The average Bonchev–Trinajstić information content (AvgIpc) is 3.47. The standard InChI is InChI=1S/C22H15N5O4/c1-12-19-14(11-17(18-7-4-10-30-18)24-22(19)31-27-12)20(28)25-26-21(29)16-9-8-13-5-2-3-6-15(13)23-16/h2-11H,1H3,(H,25,28)(H,26,29). The number of furan rings is 1. The highest BCUT2D eigenvalue weighted by Crippen LogP contribution is 2.27. The molecule has 0 saturated carbocycles. The third-order valence-electron chi connectivity index (χ3n) is 4.76. The Bertz CT molecular complexity index is 1440. The predicted octanol–water partition coefficient (Wildman–Crippen LogP) is 3.41. The lowest BCUT2D eigenvalue weighted by Crippen LogP contribution is -2.42. The number of fused-ring (bicyclic) bond motifs is 2. The van der Waals surface area contributed by atoms with Crippen molar-refractivity contribution in [2.24, 2.45) is 0 Å². The molecule has 0 unspecified atom stereocenters. The van der Waals surface area contributed by atoms with Gasteiger partial charge >= 0.3 is 0 Å². The summed E-state index contributed by atoms with van der Waals surface area (Å²) in [6, 6.07) is 15.8. The van der Waals surface area contributed by atoms with Crippen LogP contribution in [0.25, 0.3) is 33.5 Å². The molecule has 1 aromatic carbocycles. The molecule has 0 aliphatic heterocycles. The van der Waals surface area contributed by atoms with Gasteiger partial charge in [0.25, 0.3) is 17.5 Å². The Hall–Kier alpha value is -4.53. The minimum Gasteiger partial charge on any atom is -0.463 e. The van der Waals surface area contributed by atoms with Crippen molar-refractivity contribution in [3.63, 3.8) is 0 Å². The van der Waals surface area contributed by atoms with Gasteiger partial charge in [-0.15, -0.1) is 0 Å². The third-order valence-corrected chi connectivity index (χ3v) is 4.76. The maximum Gasteiger partial charge on any atom is 0.288 e. The van der Waals surface area contributed by atoms with E-state index in [9.17, 15) is 9.59 Å². The van der Waals surface area contributed by atoms with E-state index >= 15 is 0 Å². The minimum absolute atomic E-state index is 0.177. The molecule has 0 fully saturated rings. The topological polar surface area (TPSA) is 123 Å². The summed E-state index contributed by atoms with van der Waals surface area (Å²) in [7, 11) is 0. The van der Waals surface area contributed by atoms with E-state index in [0.717, 1.165) is 5.39 Å². The fraction of sp³-hybridized carbons (Fsp3) is 0.0455. The number of benzene rings is 1. The zero-order valence-corrected chi connectivity index (χ0v) is 16.2. The number of pyridine rings is 2. The number of carbonyl (C=O) groups excluding carboxylic acids is 2. The first-order valence-corrected chi connectivity index (χ1v) is 9.37. The summed E-state index contributed by atoms with van der Waals surface area (Å²) in [5.41, 5.74) is 7.01. The summed E-state index contributed by atoms with van der Waals surface area (Å²) >= 11 is 0. The number of nitrogens with one attached hydrogen (secondary N) is 2. The first-order chi connectivity index (χ1) is 15.1. The summed E-state index contributed by atoms with van der Waals surface area (Å²) in [6.45, 7) is 1.70. The van der Waals surface area contributed by atoms with Gasteiger partial charge in [0.15, 0.2) is 5.76 Å². The van der Waals surface area contributed by atoms with Crippen molar-refractivity contribution in [2.45, 2.75) is 6.92 Å². The monoisotopic (exact) mass is 413 g/mol. The quantitative estimate of drug-likeness (QED) is 0.434. The van der Waals surface area contributed by atoms with E-state index in [1.54, 1.807) is 37.3 Å². The molecule has 5 aromatic rings. The molecule has 0 aliphatic carbocycles. The second kappa shape index (κ2) is 7.38. The highest BCUT2D eigenvalue weighted by molar-refractivity contribution is 6.07. The third kappa shape index (κ3) is 3.38. The second-order valence-electron chi connectivity index (χ2n) is 6.78. The van der Waals surface area contributed by atoms with E-state index in [1.807, 2.05) is 24.3 Å². The van der Waals surface area contributed by atoms with Crippen molar-refractivity contribution in [1.82, 2.24) is 26.0 Å². The zero-order chi connectivity index (χ0) is 21.4. The maximum absolute atomic E-state index is 12.9. The van der Waals surface area contributed by atoms with E-state index < -0.39 is 11.8 Å². The lowest BCUT2D eigenvalue weighted by atomic mass is 10.1. The van der Waals surface area contributed by atoms with Crippen LogP contribution in [-0.2, 0) is 0 Å². The molecule has 0 bridgehead atoms. The molecule has 0 radical (unpaired) electrons. The fourth-order valence-electron chi connectivity index (χ4n) is 3.26. The molecule has 4 heterocycles. The van der Waals surface area contributed by atoms with Crippen molar-refractivity contribution in [2.75, 3.05) is 0 Å². The van der Waals surface area contributed by atoms with Gasteiger partial charge in [-0.05, 0) is 37.3 Å². The van der Waals surface area contributed by atoms with Crippen molar-refractivity contribution in [3.8, 4) is 11.5 Å². The van der Waals surface area contributed by atoms with Gasteiger partial charge in [-0.3, -0.25) is 20.4 Å². The Morgan fingerprint density at radius 1 is 0.935 bits per heavy atom. The van der Waals surface area contributed by atoms with Crippen LogP contribution >= 0.6 is 0 Å². The van der Waals surface area contributed by atoms with E-state index in [1.165, 1.54) is 6.26 Å². The van der Waals surface area contributed by atoms with Crippen LogP contribution in [0.3, 0.4) is 0 Å². The first-order valence-electron chi connectivity index (χ1n) is 9.37. The molecule has 0 atom stereocenters. The van der Waals surface area contributed by atoms with Gasteiger partial charge in [0.1, 0.15) is 11.4 Å². The van der Waals surface area contributed by atoms with Crippen LogP contribution < -0.4 is 10.9 Å². The number of nitrogens with zero attached hydrogens (tertiary/aromatic N) is 3. The van der Waals surface area contributed by atoms with Crippen LogP contribution in [0.5, 0.6) is 0 Å². The summed E-state index contributed by atoms with van der Waals surface area (Å²) in [5, 5.41) is 5.25. The van der Waals surface area contributed by atoms with Crippen molar-refractivity contribution in [3.05, 3.63) is 77.8 Å². The van der Waals surface area contributed by atoms with Crippen LogP contribution in [0.2, 0.25) is 0 Å². The first kappa shape index (κ1) is 18.5. The van der Waals surface area contributed by atoms with Crippen LogP contribution in [0.4, 0.5) is 0 Å². The van der Waals surface area contributed by atoms with Gasteiger partial charge < -0.3 is 8.94 Å². The number of hydrogen-bond donors (Lipinski definition) is 2. The summed E-state index contributed by atoms with van der Waals surface area (Å²) in [6.07, 6.45) is 1.50. The normalized spacial score (nSPS) is 11.0. The summed E-state index contributed by atoms with van der Waals surface area (Å²) in [4.78, 5) is 34.1. The molecular weight excluding hydrogens is 398 g/mol. The number of amides is 2. The smallest absolute Gasteiger partial charge is 0.288 e. The molecule has 31 heavy (non-hydrogen) atoms. The molecule has 9 nitrogen and oxygen atoms in total. The molecule has 152 valence electrons. The molecule has 9 heteroatoms. The van der Waals surface area contributed by atoms with Gasteiger partial charge in [0.05, 0.1) is 28.4 Å². The van der Waals surface area contributed by atoms with Gasteiger partial charge in [-0.25, -0.2) is 9.97 Å². The number of hydrazine groups is 1. The van der Waals surface area contributed by atoms with Crippen molar-refractivity contribution < 1.29 is 18.5 Å². The van der Waals surface area contributed by atoms with Crippen LogP contribution in [0, 0.1) is 6.92 Å². The Balaban J connectivity index is 1.42. The molecule has 0 aliphatic rings. The summed E-state index contributed by atoms with van der Waals surface area (Å²) < 4.78 is 10.6. The van der Waals surface area contributed by atoms with Gasteiger partial charge in [0, 0.05) is 5.39 Å². The van der Waals surface area contributed by atoms with Gasteiger partial charge in [-0.2, -0.15) is 0 Å². The number of para-hydroxylation sites is 1. The second-order valence-corrected chi connectivity index (χ2v) is 6.78. The molecule has 0 saturated heterocycles. The molecule has 5 rings (SSSR count). The number of rotatable bonds is 3. The number of aromatic nitrogens is 3. The van der Waals surface area contributed by atoms with Crippen LogP contribution in [0.15, 0.2) is 69.8 Å². The Morgan fingerprint density at radius 2 is 1.77 bits per heavy atom. The Labute approximate surface area is 175 Å². The SMILES string of the molecule is Cc1noc2nc(-c3ccco3)cc(C(=O)NNC(=O)c3ccc4ccccc4n3)c12. The number of hydrogen-bond acceptors (Lipinski definition) is 7. The van der Waals surface area contributed by atoms with Crippen LogP contribution in [0.1, 0.15) is 26.5 Å². The lowest BCUT2D eigenvalue weighted by Gasteiger charge is -2.09. The Morgan fingerprint density at radius 3 is 2.61 bits per heavy atom. The van der Waals surface area contributed by atoms with E-state index in [-0.39, 0.29) is 17.0 Å². The van der Waals surface area contributed by atoms with E-state index in [0.29, 0.717) is 28.1 Å². The molecule has 2 N–H and O–H groups in total. The molecule has 4 aromatic heterocycles. The molecule has 2 amide bonds. The van der Waals surface area contributed by atoms with E-state index in [4.69, 9.17) is 8.94 Å². The zero-order valence-electron chi connectivity index (χ0n) is 16.2. The summed E-state index contributed by atoms with van der Waals surface area (Å²) in [5.74, 6) is -0.632. The molecule has 0 spiro atoms.